The van der Waals surface area contributed by atoms with E-state index in [4.69, 9.17) is 0 Å². The van der Waals surface area contributed by atoms with E-state index in [1.807, 2.05) is 12.1 Å². The predicted octanol–water partition coefficient (Wildman–Crippen LogP) is 4.05. The van der Waals surface area contributed by atoms with Gasteiger partial charge >= 0.3 is 0 Å². The van der Waals surface area contributed by atoms with E-state index in [0.29, 0.717) is 19.3 Å². The molecule has 1 aliphatic carbocycles. The Balaban J connectivity index is 1.82. The first kappa shape index (κ1) is 13.8. The molecule has 1 unspecified atom stereocenters. The summed E-state index contributed by atoms with van der Waals surface area (Å²) < 4.78 is 14.3. The molecule has 3 heteroatoms. The minimum absolute atomic E-state index is 0.244. The Kier molecular flexibility index (Phi) is 3.65. The van der Waals surface area contributed by atoms with Crippen molar-refractivity contribution < 1.29 is 9.50 Å². The molecule has 0 bridgehead atoms. The van der Waals surface area contributed by atoms with E-state index in [2.05, 4.69) is 28.1 Å². The molecule has 2 aromatic rings. The van der Waals surface area contributed by atoms with Crippen LogP contribution >= 0.6 is 15.9 Å². The molecule has 0 spiro atoms. The average molecular weight is 335 g/mol. The molecule has 0 heterocycles. The van der Waals surface area contributed by atoms with Gasteiger partial charge in [-0.3, -0.25) is 0 Å². The molecule has 0 radical (unpaired) electrons. The number of aryl methyl sites for hydroxylation is 1. The number of hydrogen-bond donors (Lipinski definition) is 1. The zero-order chi connectivity index (χ0) is 14.2. The number of hydrogen-bond acceptors (Lipinski definition) is 1. The molecule has 20 heavy (non-hydrogen) atoms. The van der Waals surface area contributed by atoms with Crippen LogP contribution in [-0.4, -0.2) is 10.7 Å². The summed E-state index contributed by atoms with van der Waals surface area (Å²) >= 11 is 3.48. The quantitative estimate of drug-likeness (QED) is 0.878. The largest absolute Gasteiger partial charge is 0.389 e. The van der Waals surface area contributed by atoms with Gasteiger partial charge in [0.1, 0.15) is 5.82 Å². The second-order valence-corrected chi connectivity index (χ2v) is 6.54. The number of halogens is 2. The van der Waals surface area contributed by atoms with Crippen molar-refractivity contribution in [3.05, 3.63) is 69.4 Å². The Labute approximate surface area is 126 Å². The molecular formula is C17H16BrFO. The molecule has 2 aromatic carbocycles. The third-order valence-electron chi connectivity index (χ3n) is 3.97. The fourth-order valence-electron chi connectivity index (χ4n) is 2.99. The van der Waals surface area contributed by atoms with Crippen LogP contribution in [-0.2, 0) is 19.3 Å². The van der Waals surface area contributed by atoms with Gasteiger partial charge in [-0.15, -0.1) is 0 Å². The van der Waals surface area contributed by atoms with Crippen LogP contribution in [0.5, 0.6) is 0 Å². The summed E-state index contributed by atoms with van der Waals surface area (Å²) in [5, 5.41) is 10.8. The molecule has 0 amide bonds. The number of rotatable bonds is 2. The van der Waals surface area contributed by atoms with Gasteiger partial charge in [-0.2, -0.15) is 0 Å². The summed E-state index contributed by atoms with van der Waals surface area (Å²) in [4.78, 5) is 0. The van der Waals surface area contributed by atoms with Crippen LogP contribution in [0.3, 0.4) is 0 Å². The zero-order valence-corrected chi connectivity index (χ0v) is 12.7. The van der Waals surface area contributed by atoms with Crippen molar-refractivity contribution in [1.29, 1.82) is 0 Å². The Morgan fingerprint density at radius 2 is 2.00 bits per heavy atom. The minimum Gasteiger partial charge on any atom is -0.389 e. The van der Waals surface area contributed by atoms with Crippen molar-refractivity contribution in [3.8, 4) is 0 Å². The Morgan fingerprint density at radius 3 is 2.80 bits per heavy atom. The van der Waals surface area contributed by atoms with Gasteiger partial charge in [0, 0.05) is 17.3 Å². The fraction of sp³-hybridized carbons (Fsp3) is 0.294. The molecule has 3 rings (SSSR count). The highest BCUT2D eigenvalue weighted by Gasteiger charge is 2.32. The van der Waals surface area contributed by atoms with Gasteiger partial charge in [-0.25, -0.2) is 4.39 Å². The first-order chi connectivity index (χ1) is 9.54. The van der Waals surface area contributed by atoms with Crippen molar-refractivity contribution in [2.24, 2.45) is 0 Å². The molecule has 1 atom stereocenters. The van der Waals surface area contributed by atoms with E-state index in [1.165, 1.54) is 23.3 Å². The number of aliphatic hydroxyl groups is 1. The van der Waals surface area contributed by atoms with Crippen LogP contribution in [0.25, 0.3) is 0 Å². The lowest BCUT2D eigenvalue weighted by atomic mass is 9.77. The molecule has 0 aromatic heterocycles. The molecule has 0 aliphatic heterocycles. The Morgan fingerprint density at radius 1 is 1.15 bits per heavy atom. The lowest BCUT2D eigenvalue weighted by Gasteiger charge is -2.34. The number of fused-ring (bicyclic) bond motifs is 1. The summed E-state index contributed by atoms with van der Waals surface area (Å²) in [6.45, 7) is 0. The molecule has 1 N–H and O–H groups in total. The Hall–Kier alpha value is -1.19. The first-order valence-electron chi connectivity index (χ1n) is 6.78. The van der Waals surface area contributed by atoms with Gasteiger partial charge in [-0.1, -0.05) is 34.1 Å². The van der Waals surface area contributed by atoms with E-state index in [-0.39, 0.29) is 5.82 Å². The highest BCUT2D eigenvalue weighted by molar-refractivity contribution is 9.10. The molecule has 104 valence electrons. The monoisotopic (exact) mass is 334 g/mol. The fourth-order valence-corrected chi connectivity index (χ4v) is 3.40. The van der Waals surface area contributed by atoms with Crippen LogP contribution in [0.2, 0.25) is 0 Å². The molecular weight excluding hydrogens is 319 g/mol. The highest BCUT2D eigenvalue weighted by Crippen LogP contribution is 2.32. The first-order valence-corrected chi connectivity index (χ1v) is 7.58. The summed E-state index contributed by atoms with van der Waals surface area (Å²) in [5.41, 5.74) is 2.57. The van der Waals surface area contributed by atoms with E-state index >= 15 is 0 Å². The summed E-state index contributed by atoms with van der Waals surface area (Å²) in [5.74, 6) is -0.244. The third kappa shape index (κ3) is 2.94. The SMILES string of the molecule is OC1(Cc2cccc(F)c2)CCc2cc(Br)ccc2C1. The van der Waals surface area contributed by atoms with Crippen molar-refractivity contribution in [2.45, 2.75) is 31.3 Å². The molecule has 0 fully saturated rings. The van der Waals surface area contributed by atoms with Crippen molar-refractivity contribution in [3.63, 3.8) is 0 Å². The molecule has 0 saturated carbocycles. The lowest BCUT2D eigenvalue weighted by Crippen LogP contribution is -2.38. The maximum atomic E-state index is 13.2. The van der Waals surface area contributed by atoms with Crippen LogP contribution < -0.4 is 0 Å². The van der Waals surface area contributed by atoms with Crippen molar-refractivity contribution in [2.75, 3.05) is 0 Å². The van der Waals surface area contributed by atoms with E-state index in [0.717, 1.165) is 16.5 Å². The normalized spacial score (nSPS) is 21.6. The smallest absolute Gasteiger partial charge is 0.123 e. The topological polar surface area (TPSA) is 20.2 Å². The lowest BCUT2D eigenvalue weighted by molar-refractivity contribution is 0.0267. The van der Waals surface area contributed by atoms with Gasteiger partial charge in [-0.05, 0) is 53.8 Å². The van der Waals surface area contributed by atoms with E-state index in [1.54, 1.807) is 6.07 Å². The highest BCUT2D eigenvalue weighted by atomic mass is 79.9. The second kappa shape index (κ2) is 5.30. The zero-order valence-electron chi connectivity index (χ0n) is 11.1. The molecule has 1 nitrogen and oxygen atoms in total. The summed E-state index contributed by atoms with van der Waals surface area (Å²) in [6.07, 6.45) is 2.71. The average Bonchev–Trinajstić information content (AvgIpc) is 2.39. The van der Waals surface area contributed by atoms with E-state index in [9.17, 15) is 9.50 Å². The second-order valence-electron chi connectivity index (χ2n) is 5.62. The molecule has 1 aliphatic rings. The van der Waals surface area contributed by atoms with Gasteiger partial charge in [0.05, 0.1) is 5.60 Å². The van der Waals surface area contributed by atoms with Crippen LogP contribution in [0.15, 0.2) is 46.9 Å². The summed E-state index contributed by atoms with van der Waals surface area (Å²) in [6, 6.07) is 12.7. The third-order valence-corrected chi connectivity index (χ3v) is 4.46. The summed E-state index contributed by atoms with van der Waals surface area (Å²) in [7, 11) is 0. The van der Waals surface area contributed by atoms with Crippen molar-refractivity contribution in [1.82, 2.24) is 0 Å². The number of benzene rings is 2. The Bertz CT molecular complexity index is 641. The van der Waals surface area contributed by atoms with Gasteiger partial charge in [0.2, 0.25) is 0 Å². The standard InChI is InChI=1S/C17H16BrFO/c18-15-5-4-14-11-17(20,7-6-13(14)9-15)10-12-2-1-3-16(19)8-12/h1-5,8-9,20H,6-7,10-11H2. The maximum Gasteiger partial charge on any atom is 0.123 e. The van der Waals surface area contributed by atoms with Gasteiger partial charge in [0.25, 0.3) is 0 Å². The van der Waals surface area contributed by atoms with Gasteiger partial charge < -0.3 is 5.11 Å². The molecule has 0 saturated heterocycles. The van der Waals surface area contributed by atoms with Gasteiger partial charge in [0.15, 0.2) is 0 Å². The minimum atomic E-state index is -0.769. The van der Waals surface area contributed by atoms with Crippen LogP contribution in [0.4, 0.5) is 4.39 Å². The predicted molar refractivity (Wildman–Crippen MR) is 81.2 cm³/mol. The van der Waals surface area contributed by atoms with Crippen LogP contribution in [0, 0.1) is 5.82 Å². The van der Waals surface area contributed by atoms with Crippen LogP contribution in [0.1, 0.15) is 23.1 Å². The van der Waals surface area contributed by atoms with E-state index < -0.39 is 5.60 Å². The maximum absolute atomic E-state index is 13.2. The van der Waals surface area contributed by atoms with Crippen molar-refractivity contribution >= 4 is 15.9 Å².